The number of esters is 1. The van der Waals surface area contributed by atoms with Gasteiger partial charge in [-0.25, -0.2) is 0 Å². The highest BCUT2D eigenvalue weighted by atomic mass is 16.5. The molecule has 0 aliphatic rings. The van der Waals surface area contributed by atoms with Gasteiger partial charge in [-0.15, -0.1) is 0 Å². The summed E-state index contributed by atoms with van der Waals surface area (Å²) in [5.41, 5.74) is 2.46. The summed E-state index contributed by atoms with van der Waals surface area (Å²) in [6, 6.07) is 12.2. The summed E-state index contributed by atoms with van der Waals surface area (Å²) >= 11 is 0. The zero-order chi connectivity index (χ0) is 17.4. The molecule has 0 spiro atoms. The molecule has 0 fully saturated rings. The molecule has 5 heteroatoms. The summed E-state index contributed by atoms with van der Waals surface area (Å²) < 4.78 is 4.98. The molecule has 1 unspecified atom stereocenters. The van der Waals surface area contributed by atoms with Crippen LogP contribution in [0.2, 0.25) is 0 Å². The van der Waals surface area contributed by atoms with Crippen molar-refractivity contribution in [1.82, 2.24) is 10.3 Å². The van der Waals surface area contributed by atoms with Crippen molar-refractivity contribution in [2.24, 2.45) is 0 Å². The molecule has 1 N–H and O–H groups in total. The summed E-state index contributed by atoms with van der Waals surface area (Å²) in [5.74, 6) is -0.518. The van der Waals surface area contributed by atoms with Gasteiger partial charge < -0.3 is 10.1 Å². The van der Waals surface area contributed by atoms with Crippen LogP contribution in [0.15, 0.2) is 48.7 Å². The maximum Gasteiger partial charge on any atom is 0.307 e. The van der Waals surface area contributed by atoms with Crippen molar-refractivity contribution in [1.29, 1.82) is 0 Å². The molecule has 0 amide bonds. The molecule has 2 aromatic rings. The SMILES string of the molecule is CCOC(=O)CC(NCc1ccccn1)C(=O)c1ccc(C)cc1. The van der Waals surface area contributed by atoms with Gasteiger partial charge in [0, 0.05) is 18.3 Å². The number of ether oxygens (including phenoxy) is 1. The van der Waals surface area contributed by atoms with E-state index in [1.807, 2.05) is 37.3 Å². The second kappa shape index (κ2) is 8.93. The summed E-state index contributed by atoms with van der Waals surface area (Å²) in [4.78, 5) is 28.8. The van der Waals surface area contributed by atoms with Gasteiger partial charge in [0.25, 0.3) is 0 Å². The molecule has 126 valence electrons. The Balaban J connectivity index is 2.10. The number of hydrogen-bond donors (Lipinski definition) is 1. The Morgan fingerprint density at radius 3 is 2.54 bits per heavy atom. The third-order valence-electron chi connectivity index (χ3n) is 3.58. The molecule has 0 saturated heterocycles. The van der Waals surface area contributed by atoms with Gasteiger partial charge in [0.05, 0.1) is 24.8 Å². The lowest BCUT2D eigenvalue weighted by Gasteiger charge is -2.17. The number of nitrogens with one attached hydrogen (secondary N) is 1. The number of Topliss-reactive ketones (excluding diaryl/α,β-unsaturated/α-hetero) is 1. The smallest absolute Gasteiger partial charge is 0.307 e. The van der Waals surface area contributed by atoms with E-state index in [0.29, 0.717) is 18.7 Å². The van der Waals surface area contributed by atoms with E-state index >= 15 is 0 Å². The number of nitrogens with zero attached hydrogens (tertiary/aromatic N) is 1. The fraction of sp³-hybridized carbons (Fsp3) is 0.316. The third kappa shape index (κ3) is 5.28. The minimum Gasteiger partial charge on any atom is -0.466 e. The molecule has 1 aromatic carbocycles. The first kappa shape index (κ1) is 17.8. The number of aromatic nitrogens is 1. The van der Waals surface area contributed by atoms with E-state index in [1.54, 1.807) is 25.3 Å². The van der Waals surface area contributed by atoms with Crippen molar-refractivity contribution in [3.63, 3.8) is 0 Å². The Kier molecular flexibility index (Phi) is 6.63. The highest BCUT2D eigenvalue weighted by molar-refractivity contribution is 6.01. The molecular weight excluding hydrogens is 304 g/mol. The summed E-state index contributed by atoms with van der Waals surface area (Å²) in [6.45, 7) is 4.41. The minimum atomic E-state index is -0.645. The number of carbonyl (C=O) groups is 2. The number of rotatable bonds is 8. The van der Waals surface area contributed by atoms with Gasteiger partial charge >= 0.3 is 5.97 Å². The fourth-order valence-electron chi connectivity index (χ4n) is 2.29. The molecule has 1 atom stereocenters. The Morgan fingerprint density at radius 1 is 1.17 bits per heavy atom. The first-order valence-corrected chi connectivity index (χ1v) is 8.00. The van der Waals surface area contributed by atoms with Crippen LogP contribution in [-0.4, -0.2) is 29.4 Å². The van der Waals surface area contributed by atoms with Crippen molar-refractivity contribution in [3.05, 3.63) is 65.5 Å². The van der Waals surface area contributed by atoms with Gasteiger partial charge in [-0.05, 0) is 26.0 Å². The molecule has 0 aliphatic heterocycles. The molecule has 24 heavy (non-hydrogen) atoms. The molecular formula is C19H22N2O3. The number of aryl methyl sites for hydroxylation is 1. The second-order valence-electron chi connectivity index (χ2n) is 5.49. The van der Waals surface area contributed by atoms with E-state index in [1.165, 1.54) is 0 Å². The fourth-order valence-corrected chi connectivity index (χ4v) is 2.29. The van der Waals surface area contributed by atoms with E-state index < -0.39 is 12.0 Å². The summed E-state index contributed by atoms with van der Waals surface area (Å²) in [5, 5.41) is 3.13. The van der Waals surface area contributed by atoms with Gasteiger partial charge in [0.2, 0.25) is 0 Å². The van der Waals surface area contributed by atoms with Crippen molar-refractivity contribution in [3.8, 4) is 0 Å². The maximum absolute atomic E-state index is 12.7. The van der Waals surface area contributed by atoms with Gasteiger partial charge in [0.15, 0.2) is 5.78 Å². The Morgan fingerprint density at radius 2 is 1.92 bits per heavy atom. The largest absolute Gasteiger partial charge is 0.466 e. The van der Waals surface area contributed by atoms with E-state index in [9.17, 15) is 9.59 Å². The lowest BCUT2D eigenvalue weighted by molar-refractivity contribution is -0.143. The third-order valence-corrected chi connectivity index (χ3v) is 3.58. The highest BCUT2D eigenvalue weighted by Crippen LogP contribution is 2.10. The topological polar surface area (TPSA) is 68.3 Å². The predicted molar refractivity (Wildman–Crippen MR) is 91.6 cm³/mol. The number of pyridine rings is 1. The molecule has 1 heterocycles. The van der Waals surface area contributed by atoms with Crippen LogP contribution < -0.4 is 5.32 Å². The van der Waals surface area contributed by atoms with Crippen LogP contribution in [0.25, 0.3) is 0 Å². The summed E-state index contributed by atoms with van der Waals surface area (Å²) in [7, 11) is 0. The number of hydrogen-bond acceptors (Lipinski definition) is 5. The predicted octanol–water partition coefficient (Wildman–Crippen LogP) is 2.68. The van der Waals surface area contributed by atoms with Gasteiger partial charge in [-0.3, -0.25) is 14.6 Å². The zero-order valence-electron chi connectivity index (χ0n) is 14.0. The lowest BCUT2D eigenvalue weighted by atomic mass is 10.0. The van der Waals surface area contributed by atoms with Crippen LogP contribution in [0.3, 0.4) is 0 Å². The summed E-state index contributed by atoms with van der Waals surface area (Å²) in [6.07, 6.45) is 1.69. The minimum absolute atomic E-state index is 0.00656. The van der Waals surface area contributed by atoms with Crippen LogP contribution in [0.5, 0.6) is 0 Å². The molecule has 0 aliphatic carbocycles. The highest BCUT2D eigenvalue weighted by Gasteiger charge is 2.23. The Hall–Kier alpha value is -2.53. The quantitative estimate of drug-likeness (QED) is 0.597. The lowest BCUT2D eigenvalue weighted by Crippen LogP contribution is -2.39. The zero-order valence-corrected chi connectivity index (χ0v) is 14.0. The maximum atomic E-state index is 12.7. The van der Waals surface area contributed by atoms with Gasteiger partial charge in [0.1, 0.15) is 0 Å². The number of ketones is 1. The van der Waals surface area contributed by atoms with Crippen LogP contribution >= 0.6 is 0 Å². The van der Waals surface area contributed by atoms with Crippen molar-refractivity contribution in [2.45, 2.75) is 32.9 Å². The van der Waals surface area contributed by atoms with Crippen LogP contribution in [-0.2, 0) is 16.1 Å². The average Bonchev–Trinajstić information content (AvgIpc) is 2.60. The molecule has 0 saturated carbocycles. The van der Waals surface area contributed by atoms with Crippen molar-refractivity contribution < 1.29 is 14.3 Å². The van der Waals surface area contributed by atoms with E-state index in [-0.39, 0.29) is 12.2 Å². The Labute approximate surface area is 142 Å². The molecule has 5 nitrogen and oxygen atoms in total. The van der Waals surface area contributed by atoms with Gasteiger partial charge in [-0.1, -0.05) is 35.9 Å². The first-order chi connectivity index (χ1) is 11.6. The van der Waals surface area contributed by atoms with Crippen LogP contribution in [0.1, 0.15) is 35.0 Å². The van der Waals surface area contributed by atoms with E-state index in [2.05, 4.69) is 10.3 Å². The molecule has 0 bridgehead atoms. The molecule has 0 radical (unpaired) electrons. The van der Waals surface area contributed by atoms with Crippen LogP contribution in [0.4, 0.5) is 0 Å². The van der Waals surface area contributed by atoms with Crippen molar-refractivity contribution in [2.75, 3.05) is 6.61 Å². The normalized spacial score (nSPS) is 11.8. The monoisotopic (exact) mass is 326 g/mol. The molecule has 2 rings (SSSR count). The van der Waals surface area contributed by atoms with Gasteiger partial charge in [-0.2, -0.15) is 0 Å². The molecule has 1 aromatic heterocycles. The standard InChI is InChI=1S/C19H22N2O3/c1-3-24-18(22)12-17(21-13-16-6-4-5-11-20-16)19(23)15-9-7-14(2)8-10-15/h4-11,17,21H,3,12-13H2,1-2H3. The van der Waals surface area contributed by atoms with Crippen LogP contribution in [0, 0.1) is 6.92 Å². The Bertz CT molecular complexity index is 669. The number of carbonyl (C=O) groups excluding carboxylic acids is 2. The van der Waals surface area contributed by atoms with E-state index in [0.717, 1.165) is 11.3 Å². The van der Waals surface area contributed by atoms with E-state index in [4.69, 9.17) is 4.74 Å². The average molecular weight is 326 g/mol. The first-order valence-electron chi connectivity index (χ1n) is 8.00. The number of benzene rings is 1. The van der Waals surface area contributed by atoms with Crippen molar-refractivity contribution >= 4 is 11.8 Å². The second-order valence-corrected chi connectivity index (χ2v) is 5.49.